The number of hydrogen-bond acceptors (Lipinski definition) is 7. The Morgan fingerprint density at radius 1 is 0.953 bits per heavy atom. The molecule has 2 N–H and O–H groups in total. The summed E-state index contributed by atoms with van der Waals surface area (Å²) in [5.74, 6) is -0.117. The maximum atomic E-state index is 13.5. The number of hydrogen-bond donors (Lipinski definition) is 2. The summed E-state index contributed by atoms with van der Waals surface area (Å²) in [4.78, 5) is 8.46. The van der Waals surface area contributed by atoms with Gasteiger partial charge in [0.2, 0.25) is 0 Å². The van der Waals surface area contributed by atoms with Crippen LogP contribution in [0.5, 0.6) is 0 Å². The summed E-state index contributed by atoms with van der Waals surface area (Å²) < 4.78 is 44.3. The first-order valence-corrected chi connectivity index (χ1v) is 15.8. The van der Waals surface area contributed by atoms with Crippen molar-refractivity contribution < 1.29 is 23.0 Å². The first-order valence-electron chi connectivity index (χ1n) is 13.6. The number of benzene rings is 3. The average molecular weight is 640 g/mol. The molecule has 222 valence electrons. The molecule has 0 spiro atoms. The van der Waals surface area contributed by atoms with Gasteiger partial charge < -0.3 is 19.1 Å². The van der Waals surface area contributed by atoms with Crippen LogP contribution < -0.4 is 4.72 Å². The van der Waals surface area contributed by atoms with E-state index in [2.05, 4.69) is 14.7 Å². The number of aromatic nitrogens is 3. The first kappa shape index (κ1) is 29.6. The van der Waals surface area contributed by atoms with E-state index in [1.807, 2.05) is 49.4 Å². The zero-order valence-corrected chi connectivity index (χ0v) is 25.3. The second-order valence-corrected chi connectivity index (χ2v) is 12.7. The van der Waals surface area contributed by atoms with Crippen molar-refractivity contribution in [2.24, 2.45) is 5.92 Å². The SMILES string of the molecule is C[C@H]1[C@@H](Cn2cnc(Cl)c2Cl)OC(c2cccc(NS(=O)(=O)c3cccc4cccnc34)c2)O[C@H]1c1ccc(CO)cc1. The van der Waals surface area contributed by atoms with Crippen LogP contribution in [0, 0.1) is 5.92 Å². The van der Waals surface area contributed by atoms with Gasteiger partial charge in [-0.2, -0.15) is 0 Å². The van der Waals surface area contributed by atoms with Gasteiger partial charge in [-0.3, -0.25) is 9.71 Å². The van der Waals surface area contributed by atoms with E-state index in [0.717, 1.165) is 16.5 Å². The third-order valence-corrected chi connectivity index (χ3v) is 9.71. The fourth-order valence-corrected chi connectivity index (χ4v) is 6.79. The number of anilines is 1. The summed E-state index contributed by atoms with van der Waals surface area (Å²) in [6.45, 7) is 2.33. The Hall–Kier alpha value is -3.51. The Bertz CT molecular complexity index is 1860. The molecule has 5 aromatic rings. The molecule has 6 rings (SSSR count). The number of ether oxygens (including phenoxy) is 2. The number of imidazole rings is 1. The second kappa shape index (κ2) is 12.2. The molecule has 2 aromatic heterocycles. The highest BCUT2D eigenvalue weighted by molar-refractivity contribution is 7.93. The van der Waals surface area contributed by atoms with Crippen LogP contribution in [0.3, 0.4) is 0 Å². The van der Waals surface area contributed by atoms with E-state index in [0.29, 0.717) is 28.5 Å². The first-order chi connectivity index (χ1) is 20.7. The van der Waals surface area contributed by atoms with Crippen LogP contribution in [-0.4, -0.2) is 34.2 Å². The molecule has 1 unspecified atom stereocenters. The summed E-state index contributed by atoms with van der Waals surface area (Å²) in [5, 5.41) is 10.7. The van der Waals surface area contributed by atoms with Crippen LogP contribution in [0.15, 0.2) is 96.3 Å². The lowest BCUT2D eigenvalue weighted by Crippen LogP contribution is -2.39. The number of halogens is 2. The van der Waals surface area contributed by atoms with Crippen LogP contribution in [0.1, 0.15) is 36.0 Å². The Morgan fingerprint density at radius 2 is 1.72 bits per heavy atom. The van der Waals surface area contributed by atoms with Crippen molar-refractivity contribution in [1.29, 1.82) is 0 Å². The van der Waals surface area contributed by atoms with Crippen molar-refractivity contribution in [2.75, 3.05) is 4.72 Å². The average Bonchev–Trinajstić information content (AvgIpc) is 3.34. The maximum Gasteiger partial charge on any atom is 0.264 e. The quantitative estimate of drug-likeness (QED) is 0.199. The molecule has 12 heteroatoms. The number of fused-ring (bicyclic) bond motifs is 1. The number of aliphatic hydroxyl groups is 1. The van der Waals surface area contributed by atoms with Gasteiger partial charge >= 0.3 is 0 Å². The minimum absolute atomic E-state index is 0.0624. The molecular weight excluding hydrogens is 611 g/mol. The molecule has 3 heterocycles. The third-order valence-electron chi connectivity index (χ3n) is 7.53. The lowest BCUT2D eigenvalue weighted by Gasteiger charge is -2.41. The van der Waals surface area contributed by atoms with Gasteiger partial charge in [-0.25, -0.2) is 13.4 Å². The predicted octanol–water partition coefficient (Wildman–Crippen LogP) is 6.52. The molecule has 4 atom stereocenters. The summed E-state index contributed by atoms with van der Waals surface area (Å²) in [6, 6.07) is 23.1. The van der Waals surface area contributed by atoms with Gasteiger partial charge in [-0.05, 0) is 35.4 Å². The molecule has 0 saturated carbocycles. The molecule has 3 aromatic carbocycles. The fourth-order valence-electron chi connectivity index (χ4n) is 5.24. The van der Waals surface area contributed by atoms with Crippen molar-refractivity contribution in [3.8, 4) is 0 Å². The number of para-hydroxylation sites is 1. The Morgan fingerprint density at radius 3 is 2.47 bits per heavy atom. The molecule has 1 fully saturated rings. The minimum Gasteiger partial charge on any atom is -0.392 e. The van der Waals surface area contributed by atoms with Crippen molar-refractivity contribution >= 4 is 49.8 Å². The Labute approximate surface area is 259 Å². The van der Waals surface area contributed by atoms with Gasteiger partial charge in [0.05, 0.1) is 37.2 Å². The summed E-state index contributed by atoms with van der Waals surface area (Å²) >= 11 is 12.5. The number of nitrogens with one attached hydrogen (secondary N) is 1. The maximum absolute atomic E-state index is 13.5. The van der Waals surface area contributed by atoms with Crippen molar-refractivity contribution in [3.63, 3.8) is 0 Å². The lowest BCUT2D eigenvalue weighted by molar-refractivity contribution is -0.276. The van der Waals surface area contributed by atoms with E-state index in [1.54, 1.807) is 47.4 Å². The zero-order chi connectivity index (χ0) is 30.1. The molecule has 0 radical (unpaired) electrons. The van der Waals surface area contributed by atoms with E-state index in [1.165, 1.54) is 6.07 Å². The van der Waals surface area contributed by atoms with E-state index >= 15 is 0 Å². The van der Waals surface area contributed by atoms with Crippen molar-refractivity contribution in [2.45, 2.75) is 43.5 Å². The van der Waals surface area contributed by atoms with Crippen molar-refractivity contribution in [1.82, 2.24) is 14.5 Å². The number of pyridine rings is 1. The van der Waals surface area contributed by atoms with Gasteiger partial charge in [0.15, 0.2) is 11.4 Å². The molecule has 0 amide bonds. The highest BCUT2D eigenvalue weighted by Crippen LogP contribution is 2.43. The van der Waals surface area contributed by atoms with Crippen molar-refractivity contribution in [3.05, 3.63) is 118 Å². The molecule has 1 aliphatic heterocycles. The number of rotatable bonds is 8. The smallest absolute Gasteiger partial charge is 0.264 e. The van der Waals surface area contributed by atoms with Crippen LogP contribution in [0.25, 0.3) is 10.9 Å². The fraction of sp³-hybridized carbons (Fsp3) is 0.226. The van der Waals surface area contributed by atoms with E-state index in [9.17, 15) is 13.5 Å². The lowest BCUT2D eigenvalue weighted by atomic mass is 9.90. The topological polar surface area (TPSA) is 116 Å². The Kier molecular flexibility index (Phi) is 8.41. The molecule has 0 aliphatic carbocycles. The third kappa shape index (κ3) is 6.12. The number of nitrogens with zero attached hydrogens (tertiary/aromatic N) is 3. The molecule has 43 heavy (non-hydrogen) atoms. The molecular formula is C31H28Cl2N4O5S. The van der Waals surface area contributed by atoms with E-state index in [-0.39, 0.29) is 34.8 Å². The molecule has 1 saturated heterocycles. The zero-order valence-electron chi connectivity index (χ0n) is 23.0. The highest BCUT2D eigenvalue weighted by atomic mass is 35.5. The minimum atomic E-state index is -3.96. The highest BCUT2D eigenvalue weighted by Gasteiger charge is 2.39. The van der Waals surface area contributed by atoms with Crippen LogP contribution in [0.4, 0.5) is 5.69 Å². The number of sulfonamides is 1. The predicted molar refractivity (Wildman–Crippen MR) is 164 cm³/mol. The normalized spacial score (nSPS) is 20.7. The second-order valence-electron chi connectivity index (χ2n) is 10.4. The summed E-state index contributed by atoms with van der Waals surface area (Å²) in [6.07, 6.45) is 1.55. The van der Waals surface area contributed by atoms with Crippen LogP contribution in [-0.2, 0) is 32.6 Å². The summed E-state index contributed by atoms with van der Waals surface area (Å²) in [5.41, 5.74) is 3.06. The standard InChI is InChI=1S/C31H28Cl2N4O5S/c1-19-25(16-37-18-35-29(32)30(37)33)41-31(42-28(19)22-12-10-20(17-38)11-13-22)23-6-2-8-24(15-23)36-43(39,40)26-9-3-5-21-7-4-14-34-27(21)26/h2-15,18-19,25,28,31,36,38H,16-17H2,1H3/t19-,25+,28+,31?/m0/s1. The van der Waals surface area contributed by atoms with Gasteiger partial charge in [-0.1, -0.05) is 84.7 Å². The largest absolute Gasteiger partial charge is 0.392 e. The van der Waals surface area contributed by atoms with Crippen LogP contribution >= 0.6 is 23.2 Å². The van der Waals surface area contributed by atoms with E-state index < -0.39 is 16.3 Å². The van der Waals surface area contributed by atoms with E-state index in [4.69, 9.17) is 32.7 Å². The summed E-state index contributed by atoms with van der Waals surface area (Å²) in [7, 11) is -3.96. The molecule has 0 bridgehead atoms. The Balaban J connectivity index is 1.31. The van der Waals surface area contributed by atoms with Crippen LogP contribution in [0.2, 0.25) is 10.3 Å². The number of aliphatic hydroxyl groups excluding tert-OH is 1. The van der Waals surface area contributed by atoms with Gasteiger partial charge in [-0.15, -0.1) is 0 Å². The molecule has 9 nitrogen and oxygen atoms in total. The monoisotopic (exact) mass is 638 g/mol. The van der Waals surface area contributed by atoms with Gasteiger partial charge in [0.1, 0.15) is 10.0 Å². The van der Waals surface area contributed by atoms with Gasteiger partial charge in [0, 0.05) is 28.8 Å². The molecule has 1 aliphatic rings. The van der Waals surface area contributed by atoms with Gasteiger partial charge in [0.25, 0.3) is 10.0 Å².